The molecule has 0 fully saturated rings. The first-order valence-corrected chi connectivity index (χ1v) is 8.45. The van der Waals surface area contributed by atoms with Gasteiger partial charge in [0.15, 0.2) is 5.60 Å². The Balaban J connectivity index is 1.96. The van der Waals surface area contributed by atoms with Crippen LogP contribution in [0.4, 0.5) is 4.39 Å². The van der Waals surface area contributed by atoms with Crippen molar-refractivity contribution in [3.8, 4) is 5.75 Å². The van der Waals surface area contributed by atoms with Crippen LogP contribution in [0.5, 0.6) is 5.75 Å². The molecule has 0 spiro atoms. The van der Waals surface area contributed by atoms with E-state index in [2.05, 4.69) is 27.9 Å². The van der Waals surface area contributed by atoms with E-state index >= 15 is 0 Å². The maximum absolute atomic E-state index is 13.0. The number of hydrogen-bond donors (Lipinski definition) is 1. The number of fused-ring (bicyclic) bond motifs is 1. The van der Waals surface area contributed by atoms with Crippen molar-refractivity contribution in [2.45, 2.75) is 25.5 Å². The molecule has 0 bridgehead atoms. The van der Waals surface area contributed by atoms with Crippen molar-refractivity contribution in [3.63, 3.8) is 0 Å². The Hall–Kier alpha value is -1.96. The number of ketones is 1. The summed E-state index contributed by atoms with van der Waals surface area (Å²) in [5.74, 6) is -0.512. The number of rotatable bonds is 2. The fourth-order valence-corrected chi connectivity index (χ4v) is 3.13. The molecule has 6 heteroatoms. The highest BCUT2D eigenvalue weighted by Gasteiger charge is 2.43. The maximum Gasteiger partial charge on any atom is 0.252 e. The van der Waals surface area contributed by atoms with Gasteiger partial charge in [0.25, 0.3) is 5.91 Å². The first-order valence-electron chi connectivity index (χ1n) is 7.37. The summed E-state index contributed by atoms with van der Waals surface area (Å²) in [7, 11) is 0. The number of benzene rings is 2. The average molecular weight is 439 g/mol. The number of carbonyl (C=O) groups is 2. The normalized spacial score (nSPS) is 18.5. The summed E-state index contributed by atoms with van der Waals surface area (Å²) in [5.41, 5.74) is -0.122. The Morgan fingerprint density at radius 3 is 2.54 bits per heavy atom. The molecule has 4 nitrogen and oxygen atoms in total. The van der Waals surface area contributed by atoms with Crippen LogP contribution in [-0.2, 0) is 4.79 Å². The largest absolute Gasteiger partial charge is 0.480 e. The van der Waals surface area contributed by atoms with Crippen LogP contribution in [0.2, 0.25) is 0 Å². The summed E-state index contributed by atoms with van der Waals surface area (Å²) >= 11 is 2.14. The van der Waals surface area contributed by atoms with Crippen molar-refractivity contribution in [1.29, 1.82) is 0 Å². The quantitative estimate of drug-likeness (QED) is 0.728. The van der Waals surface area contributed by atoms with E-state index < -0.39 is 23.4 Å². The van der Waals surface area contributed by atoms with Crippen molar-refractivity contribution in [3.05, 3.63) is 63.0 Å². The summed E-state index contributed by atoms with van der Waals surface area (Å²) in [4.78, 5) is 25.2. The van der Waals surface area contributed by atoms with E-state index in [1.165, 1.54) is 24.3 Å². The molecule has 0 aliphatic carbocycles. The molecule has 0 saturated carbocycles. The first kappa shape index (κ1) is 16.9. The van der Waals surface area contributed by atoms with Gasteiger partial charge in [0.2, 0.25) is 5.78 Å². The average Bonchev–Trinajstić information content (AvgIpc) is 2.53. The molecule has 0 aromatic heterocycles. The number of Topliss-reactive ketones (excluding diaryl/α,β-unsaturated/α-hetero) is 1. The van der Waals surface area contributed by atoms with Gasteiger partial charge >= 0.3 is 0 Å². The minimum Gasteiger partial charge on any atom is -0.480 e. The highest BCUT2D eigenvalue weighted by molar-refractivity contribution is 14.1. The maximum atomic E-state index is 13.0. The van der Waals surface area contributed by atoms with E-state index in [0.717, 1.165) is 3.57 Å². The number of ether oxygens (including phenoxy) is 1. The van der Waals surface area contributed by atoms with Crippen LogP contribution >= 0.6 is 22.6 Å². The molecule has 1 unspecified atom stereocenters. The Labute approximate surface area is 152 Å². The Bertz CT molecular complexity index is 818. The fraction of sp³-hybridized carbons (Fsp3) is 0.222. The molecular formula is C18H15FINO3. The third-order valence-corrected chi connectivity index (χ3v) is 4.56. The van der Waals surface area contributed by atoms with Gasteiger partial charge < -0.3 is 10.1 Å². The van der Waals surface area contributed by atoms with E-state index in [-0.39, 0.29) is 5.78 Å². The van der Waals surface area contributed by atoms with E-state index in [4.69, 9.17) is 4.74 Å². The number of nitrogens with one attached hydrogen (secondary N) is 1. The second-order valence-corrected chi connectivity index (χ2v) is 7.32. The molecule has 2 aromatic carbocycles. The van der Waals surface area contributed by atoms with Gasteiger partial charge in [-0.25, -0.2) is 4.39 Å². The summed E-state index contributed by atoms with van der Waals surface area (Å²) < 4.78 is 19.7. The van der Waals surface area contributed by atoms with Gasteiger partial charge in [-0.05, 0) is 78.9 Å². The second-order valence-electron chi connectivity index (χ2n) is 6.07. The van der Waals surface area contributed by atoms with Gasteiger partial charge in [-0.15, -0.1) is 0 Å². The van der Waals surface area contributed by atoms with Gasteiger partial charge in [-0.2, -0.15) is 0 Å². The van der Waals surface area contributed by atoms with E-state index in [1.807, 2.05) is 12.1 Å². The number of carbonyl (C=O) groups excluding carboxylic acids is 2. The Morgan fingerprint density at radius 2 is 1.88 bits per heavy atom. The topological polar surface area (TPSA) is 55.4 Å². The molecular weight excluding hydrogens is 424 g/mol. The summed E-state index contributed by atoms with van der Waals surface area (Å²) in [6.45, 7) is 3.35. The molecule has 1 amide bonds. The van der Waals surface area contributed by atoms with Crippen LogP contribution in [-0.4, -0.2) is 17.3 Å². The smallest absolute Gasteiger partial charge is 0.252 e. The van der Waals surface area contributed by atoms with Crippen molar-refractivity contribution in [1.82, 2.24) is 5.32 Å². The number of halogens is 2. The zero-order valence-electron chi connectivity index (χ0n) is 13.1. The summed E-state index contributed by atoms with van der Waals surface area (Å²) in [6.07, 6.45) is 0. The number of amides is 1. The van der Waals surface area contributed by atoms with Crippen LogP contribution in [0.15, 0.2) is 42.5 Å². The van der Waals surface area contributed by atoms with E-state index in [1.54, 1.807) is 19.9 Å². The number of hydrogen-bond acceptors (Lipinski definition) is 3. The Morgan fingerprint density at radius 1 is 1.21 bits per heavy atom. The molecule has 1 aliphatic heterocycles. The molecule has 1 atom stereocenters. The molecule has 2 aromatic rings. The molecule has 1 aliphatic rings. The summed E-state index contributed by atoms with van der Waals surface area (Å²) in [5, 5.41) is 2.75. The Kier molecular flexibility index (Phi) is 4.33. The monoisotopic (exact) mass is 439 g/mol. The van der Waals surface area contributed by atoms with Gasteiger partial charge in [0.05, 0.1) is 0 Å². The minimum absolute atomic E-state index is 0.229. The van der Waals surface area contributed by atoms with Gasteiger partial charge in [0, 0.05) is 14.7 Å². The molecule has 1 N–H and O–H groups in total. The van der Waals surface area contributed by atoms with E-state index in [9.17, 15) is 14.0 Å². The van der Waals surface area contributed by atoms with Crippen LogP contribution in [0, 0.1) is 9.39 Å². The molecule has 124 valence electrons. The highest BCUT2D eigenvalue weighted by Crippen LogP contribution is 2.38. The first-order chi connectivity index (χ1) is 11.3. The molecule has 0 radical (unpaired) electrons. The van der Waals surface area contributed by atoms with Crippen molar-refractivity contribution < 1.29 is 18.7 Å². The summed E-state index contributed by atoms with van der Waals surface area (Å²) in [6, 6.07) is 9.87. The predicted octanol–water partition coefficient (Wildman–Crippen LogP) is 3.64. The van der Waals surface area contributed by atoms with Gasteiger partial charge in [0.1, 0.15) is 17.6 Å². The van der Waals surface area contributed by atoms with Crippen LogP contribution < -0.4 is 10.1 Å². The lowest BCUT2D eigenvalue weighted by atomic mass is 9.88. The SMILES string of the molecule is CC1(C)Oc2ccc(I)cc2C(NC(=O)c2ccc(F)cc2)C1=O. The predicted molar refractivity (Wildman–Crippen MR) is 95.5 cm³/mol. The van der Waals surface area contributed by atoms with Crippen LogP contribution in [0.1, 0.15) is 35.8 Å². The lowest BCUT2D eigenvalue weighted by Crippen LogP contribution is -2.50. The lowest BCUT2D eigenvalue weighted by molar-refractivity contribution is -0.136. The van der Waals surface area contributed by atoms with E-state index in [0.29, 0.717) is 16.9 Å². The van der Waals surface area contributed by atoms with Crippen molar-refractivity contribution >= 4 is 34.3 Å². The zero-order chi connectivity index (χ0) is 17.5. The fourth-order valence-electron chi connectivity index (χ4n) is 2.61. The van der Waals surface area contributed by atoms with Gasteiger partial charge in [-0.3, -0.25) is 9.59 Å². The third kappa shape index (κ3) is 3.15. The molecule has 0 saturated heterocycles. The molecule has 1 heterocycles. The highest BCUT2D eigenvalue weighted by atomic mass is 127. The van der Waals surface area contributed by atoms with Crippen LogP contribution in [0.3, 0.4) is 0 Å². The van der Waals surface area contributed by atoms with Gasteiger partial charge in [-0.1, -0.05) is 0 Å². The standard InChI is InChI=1S/C18H15FINO3/c1-18(2)16(22)15(13-9-12(20)7-8-14(13)24-18)21-17(23)10-3-5-11(19)6-4-10/h3-9,15H,1-2H3,(H,21,23). The van der Waals surface area contributed by atoms with Crippen LogP contribution in [0.25, 0.3) is 0 Å². The molecule has 3 rings (SSSR count). The van der Waals surface area contributed by atoms with Crippen molar-refractivity contribution in [2.24, 2.45) is 0 Å². The lowest BCUT2D eigenvalue weighted by Gasteiger charge is -2.36. The second kappa shape index (κ2) is 6.16. The third-order valence-electron chi connectivity index (χ3n) is 3.89. The zero-order valence-corrected chi connectivity index (χ0v) is 15.3. The van der Waals surface area contributed by atoms with Crippen molar-refractivity contribution in [2.75, 3.05) is 0 Å². The minimum atomic E-state index is -1.04. The molecule has 24 heavy (non-hydrogen) atoms.